The highest BCUT2D eigenvalue weighted by Crippen LogP contribution is 2.28. The fourth-order valence-electron chi connectivity index (χ4n) is 1.47. The van der Waals surface area contributed by atoms with Crippen molar-refractivity contribution in [1.82, 2.24) is 0 Å². The molecule has 0 aliphatic rings. The lowest BCUT2D eigenvalue weighted by Crippen LogP contribution is -2.08. The summed E-state index contributed by atoms with van der Waals surface area (Å²) in [6, 6.07) is 8.33. The summed E-state index contributed by atoms with van der Waals surface area (Å²) in [6.45, 7) is 8.57. The van der Waals surface area contributed by atoms with Crippen LogP contribution in [0.15, 0.2) is 24.3 Å². The lowest BCUT2D eigenvalue weighted by atomic mass is 9.98. The lowest BCUT2D eigenvalue weighted by molar-refractivity contribution is 0.239. The third kappa shape index (κ3) is 2.76. The van der Waals surface area contributed by atoms with Crippen LogP contribution in [0.2, 0.25) is 0 Å². The molecule has 0 spiro atoms. The first-order valence-electron chi connectivity index (χ1n) is 5.40. The monoisotopic (exact) mass is 192 g/mol. The highest BCUT2D eigenvalue weighted by Gasteiger charge is 2.09. The van der Waals surface area contributed by atoms with Crippen LogP contribution in [0.3, 0.4) is 0 Å². The average molecular weight is 192 g/mol. The Labute approximate surface area is 87.1 Å². The second-order valence-corrected chi connectivity index (χ2v) is 4.01. The molecule has 1 rings (SSSR count). The predicted molar refractivity (Wildman–Crippen MR) is 60.9 cm³/mol. The van der Waals surface area contributed by atoms with Gasteiger partial charge in [-0.3, -0.25) is 0 Å². The van der Waals surface area contributed by atoms with Crippen molar-refractivity contribution in [1.29, 1.82) is 0 Å². The van der Waals surface area contributed by atoms with Crippen LogP contribution in [0.4, 0.5) is 0 Å². The minimum absolute atomic E-state index is 0.250. The van der Waals surface area contributed by atoms with Crippen molar-refractivity contribution < 1.29 is 4.74 Å². The number of para-hydroxylation sites is 1. The summed E-state index contributed by atoms with van der Waals surface area (Å²) in [5, 5.41) is 0. The van der Waals surface area contributed by atoms with Gasteiger partial charge in [-0.25, -0.2) is 0 Å². The SMILES string of the molecule is CCC(C)c1ccccc1OC(C)C. The van der Waals surface area contributed by atoms with Gasteiger partial charge in [0.05, 0.1) is 6.10 Å². The Morgan fingerprint density at radius 3 is 2.36 bits per heavy atom. The minimum atomic E-state index is 0.250. The molecule has 0 fully saturated rings. The maximum Gasteiger partial charge on any atom is 0.123 e. The van der Waals surface area contributed by atoms with E-state index in [1.807, 2.05) is 6.07 Å². The van der Waals surface area contributed by atoms with Crippen molar-refractivity contribution in [3.05, 3.63) is 29.8 Å². The third-order valence-corrected chi connectivity index (χ3v) is 2.42. The Kier molecular flexibility index (Phi) is 3.99. The molecule has 0 aliphatic carbocycles. The molecule has 1 aromatic carbocycles. The zero-order valence-corrected chi connectivity index (χ0v) is 9.58. The van der Waals surface area contributed by atoms with Crippen molar-refractivity contribution >= 4 is 0 Å². The van der Waals surface area contributed by atoms with Crippen LogP contribution in [-0.2, 0) is 0 Å². The van der Waals surface area contributed by atoms with E-state index < -0.39 is 0 Å². The van der Waals surface area contributed by atoms with E-state index in [4.69, 9.17) is 4.74 Å². The zero-order chi connectivity index (χ0) is 10.6. The Morgan fingerprint density at radius 1 is 1.14 bits per heavy atom. The van der Waals surface area contributed by atoms with Gasteiger partial charge in [-0.2, -0.15) is 0 Å². The molecule has 0 saturated carbocycles. The van der Waals surface area contributed by atoms with Crippen LogP contribution in [-0.4, -0.2) is 6.10 Å². The number of hydrogen-bond acceptors (Lipinski definition) is 1. The molecular formula is C13H20O. The van der Waals surface area contributed by atoms with Crippen LogP contribution in [0.1, 0.15) is 45.6 Å². The van der Waals surface area contributed by atoms with E-state index >= 15 is 0 Å². The van der Waals surface area contributed by atoms with Gasteiger partial charge in [-0.05, 0) is 37.8 Å². The summed E-state index contributed by atoms with van der Waals surface area (Å²) < 4.78 is 5.77. The highest BCUT2D eigenvalue weighted by atomic mass is 16.5. The van der Waals surface area contributed by atoms with Gasteiger partial charge in [0.2, 0.25) is 0 Å². The van der Waals surface area contributed by atoms with Gasteiger partial charge in [0.15, 0.2) is 0 Å². The normalized spacial score (nSPS) is 12.9. The molecule has 0 amide bonds. The van der Waals surface area contributed by atoms with Crippen LogP contribution >= 0.6 is 0 Å². The Morgan fingerprint density at radius 2 is 1.79 bits per heavy atom. The number of rotatable bonds is 4. The molecule has 1 nitrogen and oxygen atoms in total. The van der Waals surface area contributed by atoms with Crippen molar-refractivity contribution in [3.63, 3.8) is 0 Å². The number of benzene rings is 1. The van der Waals surface area contributed by atoms with E-state index in [0.717, 1.165) is 12.2 Å². The fraction of sp³-hybridized carbons (Fsp3) is 0.538. The standard InChI is InChI=1S/C13H20O/c1-5-11(4)12-8-6-7-9-13(12)14-10(2)3/h6-11H,5H2,1-4H3. The molecule has 14 heavy (non-hydrogen) atoms. The van der Waals surface area contributed by atoms with Crippen LogP contribution in [0, 0.1) is 0 Å². The zero-order valence-electron chi connectivity index (χ0n) is 9.58. The van der Waals surface area contributed by atoms with E-state index in [-0.39, 0.29) is 6.10 Å². The summed E-state index contributed by atoms with van der Waals surface area (Å²) >= 11 is 0. The molecule has 1 aromatic rings. The Bertz CT molecular complexity index is 278. The van der Waals surface area contributed by atoms with E-state index in [1.165, 1.54) is 5.56 Å². The van der Waals surface area contributed by atoms with Crippen LogP contribution in [0.5, 0.6) is 5.75 Å². The van der Waals surface area contributed by atoms with E-state index in [2.05, 4.69) is 45.9 Å². The first-order valence-corrected chi connectivity index (χ1v) is 5.40. The van der Waals surface area contributed by atoms with Crippen LogP contribution in [0.25, 0.3) is 0 Å². The average Bonchev–Trinajstić information content (AvgIpc) is 2.16. The molecular weight excluding hydrogens is 172 g/mol. The van der Waals surface area contributed by atoms with E-state index in [0.29, 0.717) is 5.92 Å². The van der Waals surface area contributed by atoms with Crippen molar-refractivity contribution in [2.75, 3.05) is 0 Å². The largest absolute Gasteiger partial charge is 0.491 e. The Hall–Kier alpha value is -0.980. The second-order valence-electron chi connectivity index (χ2n) is 4.01. The van der Waals surface area contributed by atoms with Gasteiger partial charge in [0, 0.05) is 0 Å². The quantitative estimate of drug-likeness (QED) is 0.701. The van der Waals surface area contributed by atoms with Gasteiger partial charge >= 0.3 is 0 Å². The molecule has 0 bridgehead atoms. The molecule has 0 aromatic heterocycles. The second kappa shape index (κ2) is 5.04. The summed E-state index contributed by atoms with van der Waals surface area (Å²) in [7, 11) is 0. The van der Waals surface area contributed by atoms with Gasteiger partial charge in [0.1, 0.15) is 5.75 Å². The molecule has 78 valence electrons. The van der Waals surface area contributed by atoms with Gasteiger partial charge in [0.25, 0.3) is 0 Å². The van der Waals surface area contributed by atoms with Crippen molar-refractivity contribution in [3.8, 4) is 5.75 Å². The summed E-state index contributed by atoms with van der Waals surface area (Å²) in [5.41, 5.74) is 1.32. The minimum Gasteiger partial charge on any atom is -0.491 e. The van der Waals surface area contributed by atoms with Gasteiger partial charge in [-0.15, -0.1) is 0 Å². The third-order valence-electron chi connectivity index (χ3n) is 2.42. The van der Waals surface area contributed by atoms with Crippen molar-refractivity contribution in [2.45, 2.75) is 46.1 Å². The summed E-state index contributed by atoms with van der Waals surface area (Å²) in [5.74, 6) is 1.61. The van der Waals surface area contributed by atoms with E-state index in [9.17, 15) is 0 Å². The maximum atomic E-state index is 5.77. The van der Waals surface area contributed by atoms with E-state index in [1.54, 1.807) is 0 Å². The maximum absolute atomic E-state index is 5.77. The summed E-state index contributed by atoms with van der Waals surface area (Å²) in [6.07, 6.45) is 1.40. The molecule has 1 atom stereocenters. The molecule has 1 heteroatoms. The number of hydrogen-bond donors (Lipinski definition) is 0. The molecule has 0 saturated heterocycles. The number of ether oxygens (including phenoxy) is 1. The molecule has 0 aliphatic heterocycles. The predicted octanol–water partition coefficient (Wildman–Crippen LogP) is 3.99. The van der Waals surface area contributed by atoms with Crippen molar-refractivity contribution in [2.24, 2.45) is 0 Å². The molecule has 0 N–H and O–H groups in total. The molecule has 0 heterocycles. The lowest BCUT2D eigenvalue weighted by Gasteiger charge is -2.17. The molecule has 1 unspecified atom stereocenters. The van der Waals surface area contributed by atoms with Gasteiger partial charge in [-0.1, -0.05) is 32.0 Å². The smallest absolute Gasteiger partial charge is 0.123 e. The first-order chi connectivity index (χ1) is 6.65. The summed E-state index contributed by atoms with van der Waals surface area (Å²) in [4.78, 5) is 0. The van der Waals surface area contributed by atoms with Crippen LogP contribution < -0.4 is 4.74 Å². The Balaban J connectivity index is 2.91. The van der Waals surface area contributed by atoms with Gasteiger partial charge < -0.3 is 4.74 Å². The highest BCUT2D eigenvalue weighted by molar-refractivity contribution is 5.35. The first kappa shape index (κ1) is 11.1. The fourth-order valence-corrected chi connectivity index (χ4v) is 1.47. The molecule has 0 radical (unpaired) electrons. The topological polar surface area (TPSA) is 9.23 Å².